The maximum absolute atomic E-state index is 13.4. The molecule has 2 amide bonds. The quantitative estimate of drug-likeness (QED) is 0.749. The Morgan fingerprint density at radius 3 is 2.32 bits per heavy atom. The highest BCUT2D eigenvalue weighted by Crippen LogP contribution is 2.47. The number of amides is 2. The zero-order chi connectivity index (χ0) is 20.2. The number of methoxy groups -OCH3 is 1. The summed E-state index contributed by atoms with van der Waals surface area (Å²) >= 11 is 0. The van der Waals surface area contributed by atoms with Crippen LogP contribution in [0.25, 0.3) is 0 Å². The van der Waals surface area contributed by atoms with Gasteiger partial charge >= 0.3 is 0 Å². The molecule has 0 saturated carbocycles. The maximum atomic E-state index is 13.4. The van der Waals surface area contributed by atoms with Crippen molar-refractivity contribution >= 4 is 29.5 Å². The van der Waals surface area contributed by atoms with Crippen LogP contribution in [0.2, 0.25) is 0 Å². The monoisotopic (exact) mass is 381 g/mol. The lowest BCUT2D eigenvalue weighted by Gasteiger charge is -2.33. The number of carbonyl (C=O) groups excluding carboxylic acids is 3. The average molecular weight is 381 g/mol. The van der Waals surface area contributed by atoms with Gasteiger partial charge in [0.05, 0.1) is 30.7 Å². The first-order valence-electron chi connectivity index (χ1n) is 9.31. The van der Waals surface area contributed by atoms with Crippen LogP contribution in [0.5, 0.6) is 5.75 Å². The first-order valence-corrected chi connectivity index (χ1v) is 9.31. The van der Waals surface area contributed by atoms with Crippen LogP contribution in [0.3, 0.4) is 0 Å². The molecule has 3 heterocycles. The van der Waals surface area contributed by atoms with Crippen molar-refractivity contribution in [3.05, 3.63) is 36.4 Å². The Kier molecular flexibility index (Phi) is 4.14. The Morgan fingerprint density at radius 1 is 1.07 bits per heavy atom. The molecule has 28 heavy (non-hydrogen) atoms. The molecule has 4 rings (SSSR count). The third-order valence-corrected chi connectivity index (χ3v) is 5.63. The first kappa shape index (κ1) is 18.4. The summed E-state index contributed by atoms with van der Waals surface area (Å²) < 4.78 is 5.15. The predicted octanol–water partition coefficient (Wildman–Crippen LogP) is 2.02. The molecule has 0 aromatic heterocycles. The minimum Gasteiger partial charge on any atom is -0.497 e. The summed E-state index contributed by atoms with van der Waals surface area (Å²) in [4.78, 5) is 41.0. The molecule has 3 aliphatic rings. The van der Waals surface area contributed by atoms with Crippen molar-refractivity contribution in [3.8, 4) is 5.75 Å². The second-order valence-electron chi connectivity index (χ2n) is 8.34. The van der Waals surface area contributed by atoms with Crippen LogP contribution in [-0.4, -0.2) is 48.0 Å². The number of fused-ring (bicyclic) bond motifs is 3. The van der Waals surface area contributed by atoms with Crippen molar-refractivity contribution in [1.29, 1.82) is 0 Å². The van der Waals surface area contributed by atoms with E-state index in [9.17, 15) is 14.4 Å². The lowest BCUT2D eigenvalue weighted by molar-refractivity contribution is -0.136. The minimum absolute atomic E-state index is 0.0878. The van der Waals surface area contributed by atoms with Crippen LogP contribution >= 0.6 is 0 Å². The zero-order valence-corrected chi connectivity index (χ0v) is 16.3. The highest BCUT2D eigenvalue weighted by molar-refractivity contribution is 6.24. The zero-order valence-electron chi connectivity index (χ0n) is 16.3. The van der Waals surface area contributed by atoms with Crippen LogP contribution in [0.1, 0.15) is 20.8 Å². The van der Waals surface area contributed by atoms with Crippen LogP contribution in [-0.2, 0) is 14.4 Å². The van der Waals surface area contributed by atoms with Crippen molar-refractivity contribution < 1.29 is 19.1 Å². The number of rotatable bonds is 3. The Morgan fingerprint density at radius 2 is 1.71 bits per heavy atom. The number of anilines is 1. The van der Waals surface area contributed by atoms with Crippen molar-refractivity contribution in [2.24, 2.45) is 22.4 Å². The molecule has 1 aromatic carbocycles. The normalized spacial score (nSPS) is 28.6. The summed E-state index contributed by atoms with van der Waals surface area (Å²) in [6.45, 7) is 5.47. The minimum atomic E-state index is -0.754. The molecule has 146 valence electrons. The predicted molar refractivity (Wildman–Crippen MR) is 104 cm³/mol. The van der Waals surface area contributed by atoms with Gasteiger partial charge in [-0.2, -0.15) is 5.10 Å². The van der Waals surface area contributed by atoms with Gasteiger partial charge in [0.1, 0.15) is 11.8 Å². The second kappa shape index (κ2) is 6.29. The van der Waals surface area contributed by atoms with E-state index in [4.69, 9.17) is 4.74 Å². The average Bonchev–Trinajstić information content (AvgIpc) is 3.14. The van der Waals surface area contributed by atoms with Crippen molar-refractivity contribution in [2.75, 3.05) is 12.0 Å². The number of allylic oxidation sites excluding steroid dienone is 1. The smallest absolute Gasteiger partial charge is 0.240 e. The topological polar surface area (TPSA) is 79.3 Å². The summed E-state index contributed by atoms with van der Waals surface area (Å²) in [5, 5.41) is 5.98. The number of Topliss-reactive ketones (excluding diaryl/α,β-unsaturated/α-hetero) is 1. The van der Waals surface area contributed by atoms with Gasteiger partial charge < -0.3 is 4.74 Å². The van der Waals surface area contributed by atoms with E-state index in [1.54, 1.807) is 48.7 Å². The van der Waals surface area contributed by atoms with E-state index < -0.39 is 29.3 Å². The summed E-state index contributed by atoms with van der Waals surface area (Å²) in [6, 6.07) is 5.63. The molecular weight excluding hydrogens is 358 g/mol. The van der Waals surface area contributed by atoms with E-state index in [-0.39, 0.29) is 17.6 Å². The van der Waals surface area contributed by atoms with Gasteiger partial charge in [0.15, 0.2) is 5.78 Å². The Hall–Kier alpha value is -2.96. The van der Waals surface area contributed by atoms with E-state index in [0.717, 1.165) is 0 Å². The largest absolute Gasteiger partial charge is 0.497 e. The first-order chi connectivity index (χ1) is 13.3. The van der Waals surface area contributed by atoms with E-state index in [1.165, 1.54) is 4.90 Å². The molecule has 0 spiro atoms. The van der Waals surface area contributed by atoms with Gasteiger partial charge in [0, 0.05) is 11.6 Å². The van der Waals surface area contributed by atoms with Crippen molar-refractivity contribution in [1.82, 2.24) is 5.01 Å². The summed E-state index contributed by atoms with van der Waals surface area (Å²) in [6.07, 6.45) is 5.20. The van der Waals surface area contributed by atoms with E-state index in [0.29, 0.717) is 11.4 Å². The summed E-state index contributed by atoms with van der Waals surface area (Å²) in [7, 11) is 1.55. The number of ketones is 1. The van der Waals surface area contributed by atoms with Gasteiger partial charge in [-0.1, -0.05) is 26.8 Å². The van der Waals surface area contributed by atoms with Crippen molar-refractivity contribution in [3.63, 3.8) is 0 Å². The van der Waals surface area contributed by atoms with Gasteiger partial charge in [0.2, 0.25) is 11.8 Å². The third kappa shape index (κ3) is 2.57. The van der Waals surface area contributed by atoms with Gasteiger partial charge in [-0.05, 0) is 30.3 Å². The number of benzene rings is 1. The molecule has 0 aliphatic carbocycles. The van der Waals surface area contributed by atoms with Gasteiger partial charge in [-0.3, -0.25) is 19.4 Å². The number of hydrogen-bond acceptors (Lipinski definition) is 6. The molecule has 1 aromatic rings. The second-order valence-corrected chi connectivity index (χ2v) is 8.34. The Balaban J connectivity index is 1.76. The number of imide groups is 1. The van der Waals surface area contributed by atoms with Gasteiger partial charge in [-0.15, -0.1) is 0 Å². The lowest BCUT2D eigenvalue weighted by atomic mass is 9.80. The van der Waals surface area contributed by atoms with E-state index in [2.05, 4.69) is 5.10 Å². The standard InChI is InChI=1S/C21H23N3O4/c1-21(2,3)18(25)17-16-15(14-6-5-11-22-24(14)17)19(26)23(20(16)27)12-7-9-13(28-4)10-8-12/h5-11,14-17H,1-4H3/t14-,15-,16-,17+/m0/s1. The van der Waals surface area contributed by atoms with Crippen LogP contribution < -0.4 is 9.64 Å². The molecule has 2 saturated heterocycles. The molecule has 0 bridgehead atoms. The Labute approximate surface area is 163 Å². The number of hydrazone groups is 1. The summed E-state index contributed by atoms with van der Waals surface area (Å²) in [5.41, 5.74) is -0.167. The number of nitrogens with zero attached hydrogens (tertiary/aromatic N) is 3. The number of hydrogen-bond donors (Lipinski definition) is 0. The molecule has 4 atom stereocenters. The third-order valence-electron chi connectivity index (χ3n) is 5.63. The fourth-order valence-corrected chi connectivity index (χ4v) is 4.27. The van der Waals surface area contributed by atoms with Crippen LogP contribution in [0.15, 0.2) is 41.5 Å². The molecule has 0 radical (unpaired) electrons. The molecule has 7 heteroatoms. The fraction of sp³-hybridized carbons (Fsp3) is 0.429. The highest BCUT2D eigenvalue weighted by atomic mass is 16.5. The fourth-order valence-electron chi connectivity index (χ4n) is 4.27. The molecule has 0 N–H and O–H groups in total. The molecule has 2 fully saturated rings. The van der Waals surface area contributed by atoms with Crippen LogP contribution in [0.4, 0.5) is 5.69 Å². The molecule has 3 aliphatic heterocycles. The molecule has 7 nitrogen and oxygen atoms in total. The summed E-state index contributed by atoms with van der Waals surface area (Å²) in [5.74, 6) is -1.46. The van der Waals surface area contributed by atoms with E-state index in [1.807, 2.05) is 26.8 Å². The number of carbonyl (C=O) groups is 3. The Bertz CT molecular complexity index is 897. The van der Waals surface area contributed by atoms with Crippen LogP contribution in [0, 0.1) is 17.3 Å². The van der Waals surface area contributed by atoms with Gasteiger partial charge in [0.25, 0.3) is 0 Å². The maximum Gasteiger partial charge on any atom is 0.240 e. The lowest BCUT2D eigenvalue weighted by Crippen LogP contribution is -2.49. The van der Waals surface area contributed by atoms with E-state index >= 15 is 0 Å². The molecular formula is C21H23N3O4. The van der Waals surface area contributed by atoms with Crippen molar-refractivity contribution in [2.45, 2.75) is 32.9 Å². The SMILES string of the molecule is COc1ccc(N2C(=O)[C@@H]3[C@H](C2=O)[C@H](C(=O)C(C)(C)C)N2N=CC=C[C@@H]32)cc1. The number of ether oxygens (including phenoxy) is 1. The van der Waals surface area contributed by atoms with Gasteiger partial charge in [-0.25, -0.2) is 4.90 Å². The molecule has 0 unspecified atom stereocenters. The highest BCUT2D eigenvalue weighted by Gasteiger charge is 2.64.